The lowest BCUT2D eigenvalue weighted by molar-refractivity contribution is -0.121. The third-order valence-electron chi connectivity index (χ3n) is 3.74. The predicted octanol–water partition coefficient (Wildman–Crippen LogP) is 1.92. The van der Waals surface area contributed by atoms with Crippen molar-refractivity contribution in [3.05, 3.63) is 65.2 Å². The molecule has 0 atom stereocenters. The minimum Gasteiger partial charge on any atom is -0.352 e. The quantitative estimate of drug-likeness (QED) is 0.609. The van der Waals surface area contributed by atoms with Gasteiger partial charge in [0.15, 0.2) is 0 Å². The van der Waals surface area contributed by atoms with Crippen molar-refractivity contribution in [3.8, 4) is 0 Å². The summed E-state index contributed by atoms with van der Waals surface area (Å²) in [4.78, 5) is 34.7. The van der Waals surface area contributed by atoms with E-state index in [0.717, 1.165) is 11.1 Å². The lowest BCUT2D eigenvalue weighted by Gasteiger charge is -2.09. The van der Waals surface area contributed by atoms with E-state index in [4.69, 9.17) is 5.73 Å². The summed E-state index contributed by atoms with van der Waals surface area (Å²) in [7, 11) is 0. The first-order valence-electron chi connectivity index (χ1n) is 8.21. The number of hydrogen-bond acceptors (Lipinski definition) is 3. The molecule has 0 saturated heterocycles. The molecule has 2 aromatic carbocycles. The highest BCUT2D eigenvalue weighted by molar-refractivity contribution is 5.95. The topological polar surface area (TPSA) is 113 Å². The smallest absolute Gasteiger partial charge is 0.316 e. The van der Waals surface area contributed by atoms with Crippen LogP contribution in [0.1, 0.15) is 27.9 Å². The maximum absolute atomic E-state index is 12.1. The maximum atomic E-state index is 12.1. The minimum absolute atomic E-state index is 0.158. The molecule has 0 radical (unpaired) electrons. The number of amides is 4. The minimum atomic E-state index is -0.626. The number of carbonyl (C=O) groups is 3. The van der Waals surface area contributed by atoms with Gasteiger partial charge in [-0.25, -0.2) is 4.79 Å². The molecule has 0 aromatic heterocycles. The average Bonchev–Trinajstić information content (AvgIpc) is 2.61. The van der Waals surface area contributed by atoms with Crippen molar-refractivity contribution >= 4 is 23.5 Å². The molecule has 0 aliphatic heterocycles. The summed E-state index contributed by atoms with van der Waals surface area (Å²) in [5.74, 6) is -0.345. The molecule has 136 valence electrons. The Bertz CT molecular complexity index is 788. The fraction of sp³-hybridized carbons (Fsp3) is 0.211. The molecule has 7 nitrogen and oxygen atoms in total. The van der Waals surface area contributed by atoms with Gasteiger partial charge in [-0.05, 0) is 36.2 Å². The number of benzene rings is 2. The van der Waals surface area contributed by atoms with Crippen LogP contribution in [0, 0.1) is 6.92 Å². The Kier molecular flexibility index (Phi) is 6.73. The van der Waals surface area contributed by atoms with Crippen LogP contribution >= 0.6 is 0 Å². The molecular formula is C19H22N4O3. The maximum Gasteiger partial charge on any atom is 0.316 e. The highest BCUT2D eigenvalue weighted by Gasteiger charge is 2.08. The van der Waals surface area contributed by atoms with Crippen molar-refractivity contribution < 1.29 is 14.4 Å². The van der Waals surface area contributed by atoms with Crippen LogP contribution in [0.25, 0.3) is 0 Å². The number of rotatable bonds is 7. The summed E-state index contributed by atoms with van der Waals surface area (Å²) in [6.45, 7) is 2.49. The van der Waals surface area contributed by atoms with Crippen LogP contribution in [-0.2, 0) is 11.3 Å². The zero-order chi connectivity index (χ0) is 18.9. The molecule has 0 saturated carbocycles. The first-order chi connectivity index (χ1) is 12.5. The van der Waals surface area contributed by atoms with Crippen LogP contribution in [0.5, 0.6) is 0 Å². The van der Waals surface area contributed by atoms with Gasteiger partial charge in [0.05, 0.1) is 0 Å². The van der Waals surface area contributed by atoms with Crippen LogP contribution in [0.2, 0.25) is 0 Å². The molecule has 26 heavy (non-hydrogen) atoms. The summed E-state index contributed by atoms with van der Waals surface area (Å²) in [6.07, 6.45) is 0.193. The molecule has 0 aliphatic rings. The van der Waals surface area contributed by atoms with Crippen LogP contribution in [0.3, 0.4) is 0 Å². The summed E-state index contributed by atoms with van der Waals surface area (Å²) in [5, 5.41) is 7.99. The fourth-order valence-corrected chi connectivity index (χ4v) is 2.35. The van der Waals surface area contributed by atoms with Crippen molar-refractivity contribution in [1.82, 2.24) is 10.6 Å². The van der Waals surface area contributed by atoms with Gasteiger partial charge in [0.2, 0.25) is 5.91 Å². The molecule has 2 rings (SSSR count). The Morgan fingerprint density at radius 2 is 1.65 bits per heavy atom. The number of anilines is 1. The van der Waals surface area contributed by atoms with E-state index in [1.165, 1.54) is 0 Å². The van der Waals surface area contributed by atoms with Gasteiger partial charge in [-0.1, -0.05) is 30.3 Å². The van der Waals surface area contributed by atoms with Crippen LogP contribution in [0.4, 0.5) is 10.5 Å². The average molecular weight is 354 g/mol. The Labute approximate surface area is 152 Å². The predicted molar refractivity (Wildman–Crippen MR) is 99.6 cm³/mol. The number of hydrogen-bond donors (Lipinski definition) is 4. The standard InChI is InChI=1S/C19H22N4O3/c1-13-4-2-3-5-16(13)18(25)21-11-10-17(24)22-12-14-6-8-15(9-7-14)23-19(20)26/h2-9H,10-12H2,1H3,(H,21,25)(H,22,24)(H3,20,23,26). The molecule has 4 amide bonds. The monoisotopic (exact) mass is 354 g/mol. The van der Waals surface area contributed by atoms with E-state index in [1.807, 2.05) is 19.1 Å². The summed E-state index contributed by atoms with van der Waals surface area (Å²) in [5.41, 5.74) is 8.01. The summed E-state index contributed by atoms with van der Waals surface area (Å²) >= 11 is 0. The van der Waals surface area contributed by atoms with Crippen molar-refractivity contribution in [3.63, 3.8) is 0 Å². The fourth-order valence-electron chi connectivity index (χ4n) is 2.35. The van der Waals surface area contributed by atoms with E-state index >= 15 is 0 Å². The van der Waals surface area contributed by atoms with E-state index in [1.54, 1.807) is 36.4 Å². The van der Waals surface area contributed by atoms with Crippen LogP contribution in [-0.4, -0.2) is 24.4 Å². The summed E-state index contributed by atoms with van der Waals surface area (Å²) < 4.78 is 0. The number of carbonyl (C=O) groups excluding carboxylic acids is 3. The Morgan fingerprint density at radius 3 is 2.31 bits per heavy atom. The number of primary amides is 1. The van der Waals surface area contributed by atoms with Gasteiger partial charge in [-0.3, -0.25) is 9.59 Å². The van der Waals surface area contributed by atoms with Crippen molar-refractivity contribution in [2.45, 2.75) is 19.9 Å². The summed E-state index contributed by atoms with van der Waals surface area (Å²) in [6, 6.07) is 13.6. The third-order valence-corrected chi connectivity index (χ3v) is 3.74. The molecule has 5 N–H and O–H groups in total. The first kappa shape index (κ1) is 19.0. The SMILES string of the molecule is Cc1ccccc1C(=O)NCCC(=O)NCc1ccc(NC(N)=O)cc1. The van der Waals surface area contributed by atoms with Gasteiger partial charge in [0.1, 0.15) is 0 Å². The van der Waals surface area contributed by atoms with E-state index in [2.05, 4.69) is 16.0 Å². The van der Waals surface area contributed by atoms with Gasteiger partial charge in [0, 0.05) is 30.8 Å². The third kappa shape index (κ3) is 5.94. The second-order valence-corrected chi connectivity index (χ2v) is 5.78. The van der Waals surface area contributed by atoms with Crippen molar-refractivity contribution in [2.75, 3.05) is 11.9 Å². The van der Waals surface area contributed by atoms with Gasteiger partial charge in [-0.2, -0.15) is 0 Å². The van der Waals surface area contributed by atoms with E-state index in [-0.39, 0.29) is 24.8 Å². The van der Waals surface area contributed by atoms with Gasteiger partial charge in [-0.15, -0.1) is 0 Å². The highest BCUT2D eigenvalue weighted by atomic mass is 16.2. The molecule has 0 fully saturated rings. The van der Waals surface area contributed by atoms with Crippen molar-refractivity contribution in [2.24, 2.45) is 5.73 Å². The second kappa shape index (κ2) is 9.22. The van der Waals surface area contributed by atoms with Crippen molar-refractivity contribution in [1.29, 1.82) is 0 Å². The zero-order valence-electron chi connectivity index (χ0n) is 14.5. The lowest BCUT2D eigenvalue weighted by Crippen LogP contribution is -2.30. The van der Waals surface area contributed by atoms with Gasteiger partial charge >= 0.3 is 6.03 Å². The highest BCUT2D eigenvalue weighted by Crippen LogP contribution is 2.09. The molecule has 0 spiro atoms. The largest absolute Gasteiger partial charge is 0.352 e. The number of nitrogens with two attached hydrogens (primary N) is 1. The molecule has 0 heterocycles. The van der Waals surface area contributed by atoms with Crippen LogP contribution < -0.4 is 21.7 Å². The molecular weight excluding hydrogens is 332 g/mol. The zero-order valence-corrected chi connectivity index (χ0v) is 14.5. The molecule has 0 unspecified atom stereocenters. The number of urea groups is 1. The van der Waals surface area contributed by atoms with E-state index in [0.29, 0.717) is 17.8 Å². The van der Waals surface area contributed by atoms with E-state index < -0.39 is 6.03 Å². The van der Waals surface area contributed by atoms with Gasteiger partial charge < -0.3 is 21.7 Å². The normalized spacial score (nSPS) is 10.0. The van der Waals surface area contributed by atoms with E-state index in [9.17, 15) is 14.4 Å². The number of nitrogens with one attached hydrogen (secondary N) is 3. The Morgan fingerprint density at radius 1 is 0.962 bits per heavy atom. The number of aryl methyl sites for hydroxylation is 1. The second-order valence-electron chi connectivity index (χ2n) is 5.78. The lowest BCUT2D eigenvalue weighted by atomic mass is 10.1. The first-order valence-corrected chi connectivity index (χ1v) is 8.21. The molecule has 2 aromatic rings. The molecule has 0 bridgehead atoms. The molecule has 0 aliphatic carbocycles. The molecule has 7 heteroatoms. The Balaban J connectivity index is 1.71. The Hall–Kier alpha value is -3.35. The van der Waals surface area contributed by atoms with Crippen LogP contribution in [0.15, 0.2) is 48.5 Å². The van der Waals surface area contributed by atoms with Gasteiger partial charge in [0.25, 0.3) is 5.91 Å².